The Hall–Kier alpha value is -1.11. The Labute approximate surface area is 108 Å². The summed E-state index contributed by atoms with van der Waals surface area (Å²) in [7, 11) is 3.35. The molecule has 0 aliphatic heterocycles. The Morgan fingerprint density at radius 3 is 2.72 bits per heavy atom. The summed E-state index contributed by atoms with van der Waals surface area (Å²) in [5, 5.41) is 4.29. The molecule has 6 nitrogen and oxygen atoms in total. The topological polar surface area (TPSA) is 74.3 Å². The number of rotatable bonds is 8. The molecule has 3 N–H and O–H groups in total. The fraction of sp³-hybridized carbons (Fsp3) is 0.750. The maximum absolute atomic E-state index is 5.67. The van der Waals surface area contributed by atoms with Gasteiger partial charge in [-0.2, -0.15) is 5.10 Å². The minimum absolute atomic E-state index is 0.00699. The van der Waals surface area contributed by atoms with Gasteiger partial charge in [-0.05, 0) is 19.3 Å². The number of nitrogens with one attached hydrogen (secondary N) is 1. The van der Waals surface area contributed by atoms with E-state index < -0.39 is 0 Å². The average molecular weight is 256 g/mol. The Morgan fingerprint density at radius 2 is 2.22 bits per heavy atom. The van der Waals surface area contributed by atoms with Gasteiger partial charge in [-0.15, -0.1) is 0 Å². The molecule has 0 amide bonds. The largest absolute Gasteiger partial charge is 0.493 e. The molecule has 1 heterocycles. The highest BCUT2D eigenvalue weighted by atomic mass is 16.5. The molecule has 1 rings (SSSR count). The van der Waals surface area contributed by atoms with E-state index in [0.29, 0.717) is 12.5 Å². The standard InChI is InChI=1S/C12H24N4O2/c1-5-16-12(11(18-4)7-14-16)10(15-13)6-9(2)8-17-3/h7,9-10,15H,5-6,8,13H2,1-4H3. The van der Waals surface area contributed by atoms with Crippen LogP contribution < -0.4 is 16.0 Å². The van der Waals surface area contributed by atoms with Crippen LogP contribution in [0.4, 0.5) is 0 Å². The second-order valence-electron chi connectivity index (χ2n) is 4.43. The number of hydrogen-bond acceptors (Lipinski definition) is 5. The normalized spacial score (nSPS) is 14.5. The first-order chi connectivity index (χ1) is 8.67. The van der Waals surface area contributed by atoms with Crippen LogP contribution in [0, 0.1) is 5.92 Å². The molecule has 0 saturated heterocycles. The van der Waals surface area contributed by atoms with Crippen molar-refractivity contribution in [1.82, 2.24) is 15.2 Å². The fourth-order valence-corrected chi connectivity index (χ4v) is 2.15. The lowest BCUT2D eigenvalue weighted by molar-refractivity contribution is 0.148. The van der Waals surface area contributed by atoms with E-state index in [1.54, 1.807) is 20.4 Å². The first-order valence-electron chi connectivity index (χ1n) is 6.22. The molecule has 0 aliphatic rings. The highest BCUT2D eigenvalue weighted by molar-refractivity contribution is 5.28. The number of hydrogen-bond donors (Lipinski definition) is 2. The summed E-state index contributed by atoms with van der Waals surface area (Å²) in [6.45, 7) is 5.67. The van der Waals surface area contributed by atoms with Crippen molar-refractivity contribution in [3.63, 3.8) is 0 Å². The van der Waals surface area contributed by atoms with Crippen molar-refractivity contribution < 1.29 is 9.47 Å². The van der Waals surface area contributed by atoms with Gasteiger partial charge in [0.1, 0.15) is 0 Å². The second kappa shape index (κ2) is 7.35. The van der Waals surface area contributed by atoms with E-state index in [0.717, 1.165) is 24.4 Å². The second-order valence-corrected chi connectivity index (χ2v) is 4.43. The molecular weight excluding hydrogens is 232 g/mol. The zero-order valence-corrected chi connectivity index (χ0v) is 11.6. The van der Waals surface area contributed by atoms with E-state index in [4.69, 9.17) is 15.3 Å². The molecule has 104 valence electrons. The summed E-state index contributed by atoms with van der Waals surface area (Å²) in [4.78, 5) is 0. The Bertz CT molecular complexity index is 332. The van der Waals surface area contributed by atoms with Gasteiger partial charge in [0.25, 0.3) is 0 Å². The van der Waals surface area contributed by atoms with E-state index in [-0.39, 0.29) is 6.04 Å². The predicted octanol–water partition coefficient (Wildman–Crippen LogP) is 1.09. The number of aromatic nitrogens is 2. The van der Waals surface area contributed by atoms with Crippen LogP contribution in [0.1, 0.15) is 32.0 Å². The number of nitrogens with zero attached hydrogens (tertiary/aromatic N) is 2. The van der Waals surface area contributed by atoms with E-state index in [9.17, 15) is 0 Å². The summed E-state index contributed by atoms with van der Waals surface area (Å²) in [5.41, 5.74) is 3.84. The molecule has 0 radical (unpaired) electrons. The summed E-state index contributed by atoms with van der Waals surface area (Å²) in [6, 6.07) is 0.00699. The minimum Gasteiger partial charge on any atom is -0.493 e. The highest BCUT2D eigenvalue weighted by Gasteiger charge is 2.22. The lowest BCUT2D eigenvalue weighted by atomic mass is 10.00. The molecule has 0 fully saturated rings. The first-order valence-corrected chi connectivity index (χ1v) is 6.22. The van der Waals surface area contributed by atoms with Crippen LogP contribution in [0.15, 0.2) is 6.20 Å². The molecule has 18 heavy (non-hydrogen) atoms. The molecule has 2 unspecified atom stereocenters. The van der Waals surface area contributed by atoms with E-state index >= 15 is 0 Å². The van der Waals surface area contributed by atoms with Gasteiger partial charge < -0.3 is 9.47 Å². The summed E-state index contributed by atoms with van der Waals surface area (Å²) in [6.07, 6.45) is 2.59. The van der Waals surface area contributed by atoms with Gasteiger partial charge in [-0.25, -0.2) is 0 Å². The molecule has 2 atom stereocenters. The van der Waals surface area contributed by atoms with Gasteiger partial charge in [0, 0.05) is 20.3 Å². The molecule has 1 aromatic heterocycles. The Kier molecular flexibility index (Phi) is 6.11. The maximum Gasteiger partial charge on any atom is 0.161 e. The lowest BCUT2D eigenvalue weighted by Crippen LogP contribution is -2.32. The quantitative estimate of drug-likeness (QED) is 0.538. The van der Waals surface area contributed by atoms with Gasteiger partial charge in [-0.3, -0.25) is 16.0 Å². The maximum atomic E-state index is 5.67. The minimum atomic E-state index is 0.00699. The van der Waals surface area contributed by atoms with Crippen molar-refractivity contribution >= 4 is 0 Å². The third-order valence-electron chi connectivity index (χ3n) is 2.98. The van der Waals surface area contributed by atoms with Crippen molar-refractivity contribution in [1.29, 1.82) is 0 Å². The number of hydrazine groups is 1. The molecule has 1 aromatic rings. The SMILES string of the molecule is CCn1ncc(OC)c1C(CC(C)COC)NN. The highest BCUT2D eigenvalue weighted by Crippen LogP contribution is 2.28. The Morgan fingerprint density at radius 1 is 1.50 bits per heavy atom. The molecule has 0 bridgehead atoms. The first kappa shape index (κ1) is 14.9. The van der Waals surface area contributed by atoms with Gasteiger partial charge in [0.15, 0.2) is 5.75 Å². The zero-order valence-electron chi connectivity index (χ0n) is 11.6. The van der Waals surface area contributed by atoms with Crippen LogP contribution in [0.3, 0.4) is 0 Å². The summed E-state index contributed by atoms with van der Waals surface area (Å²) < 4.78 is 12.4. The lowest BCUT2D eigenvalue weighted by Gasteiger charge is -2.21. The number of methoxy groups -OCH3 is 2. The van der Waals surface area contributed by atoms with Crippen LogP contribution in [-0.2, 0) is 11.3 Å². The number of aryl methyl sites for hydroxylation is 1. The molecule has 0 aromatic carbocycles. The van der Waals surface area contributed by atoms with E-state index in [1.807, 2.05) is 11.6 Å². The smallest absolute Gasteiger partial charge is 0.161 e. The van der Waals surface area contributed by atoms with Crippen molar-refractivity contribution in [2.75, 3.05) is 20.8 Å². The van der Waals surface area contributed by atoms with Crippen LogP contribution in [-0.4, -0.2) is 30.6 Å². The monoisotopic (exact) mass is 256 g/mol. The van der Waals surface area contributed by atoms with Crippen molar-refractivity contribution in [3.8, 4) is 5.75 Å². The number of ether oxygens (including phenoxy) is 2. The molecule has 6 heteroatoms. The molecule has 0 aliphatic carbocycles. The molecular formula is C12H24N4O2. The summed E-state index contributed by atoms with van der Waals surface area (Å²) >= 11 is 0. The van der Waals surface area contributed by atoms with Gasteiger partial charge in [0.05, 0.1) is 25.0 Å². The van der Waals surface area contributed by atoms with Crippen molar-refractivity contribution in [3.05, 3.63) is 11.9 Å². The summed E-state index contributed by atoms with van der Waals surface area (Å²) in [5.74, 6) is 6.84. The van der Waals surface area contributed by atoms with E-state index in [1.165, 1.54) is 0 Å². The van der Waals surface area contributed by atoms with Gasteiger partial charge in [0.2, 0.25) is 0 Å². The van der Waals surface area contributed by atoms with Crippen LogP contribution >= 0.6 is 0 Å². The zero-order chi connectivity index (χ0) is 13.5. The van der Waals surface area contributed by atoms with Crippen LogP contribution in [0.2, 0.25) is 0 Å². The predicted molar refractivity (Wildman–Crippen MR) is 70.2 cm³/mol. The number of nitrogens with two attached hydrogens (primary N) is 1. The molecule has 0 saturated carbocycles. The van der Waals surface area contributed by atoms with E-state index in [2.05, 4.69) is 17.4 Å². The van der Waals surface area contributed by atoms with Crippen LogP contribution in [0.25, 0.3) is 0 Å². The third kappa shape index (κ3) is 3.44. The third-order valence-corrected chi connectivity index (χ3v) is 2.98. The van der Waals surface area contributed by atoms with Crippen molar-refractivity contribution in [2.24, 2.45) is 11.8 Å². The van der Waals surface area contributed by atoms with Gasteiger partial charge >= 0.3 is 0 Å². The average Bonchev–Trinajstić information content (AvgIpc) is 2.79. The Balaban J connectivity index is 2.89. The van der Waals surface area contributed by atoms with Crippen molar-refractivity contribution in [2.45, 2.75) is 32.9 Å². The van der Waals surface area contributed by atoms with Gasteiger partial charge in [-0.1, -0.05) is 6.92 Å². The fourth-order valence-electron chi connectivity index (χ4n) is 2.15. The molecule has 0 spiro atoms. The van der Waals surface area contributed by atoms with Crippen LogP contribution in [0.5, 0.6) is 5.75 Å².